The predicted molar refractivity (Wildman–Crippen MR) is 108 cm³/mol. The highest BCUT2D eigenvalue weighted by Crippen LogP contribution is 2.39. The van der Waals surface area contributed by atoms with Gasteiger partial charge in [-0.15, -0.1) is 0 Å². The molecular weight excluding hydrogens is 374 g/mol. The number of nitrogens with zero attached hydrogens (tertiary/aromatic N) is 2. The molecule has 1 amide bonds. The van der Waals surface area contributed by atoms with Crippen LogP contribution in [0.4, 0.5) is 0 Å². The molecule has 2 aromatic rings. The zero-order valence-corrected chi connectivity index (χ0v) is 17.5. The van der Waals surface area contributed by atoms with Crippen molar-refractivity contribution >= 4 is 5.91 Å². The van der Waals surface area contributed by atoms with Crippen LogP contribution in [-0.4, -0.2) is 48.6 Å². The molecule has 0 aliphatic carbocycles. The van der Waals surface area contributed by atoms with Crippen molar-refractivity contribution in [3.63, 3.8) is 0 Å². The largest absolute Gasteiger partial charge is 0.493 e. The minimum absolute atomic E-state index is 0.0392. The number of H-pyrrole nitrogens is 1. The Labute approximate surface area is 169 Å². The molecule has 1 aromatic heterocycles. The summed E-state index contributed by atoms with van der Waals surface area (Å²) >= 11 is 0. The number of nitrogens with one attached hydrogen (secondary N) is 1. The lowest BCUT2D eigenvalue weighted by molar-refractivity contribution is -0.131. The maximum absolute atomic E-state index is 13.1. The first-order chi connectivity index (χ1) is 13.9. The number of hydrogen-bond donors (Lipinski definition) is 1. The molecular formula is C21H27N3O5. The van der Waals surface area contributed by atoms with E-state index in [2.05, 4.69) is 9.97 Å². The van der Waals surface area contributed by atoms with Gasteiger partial charge in [0.2, 0.25) is 11.7 Å². The Bertz CT molecular complexity index is 944. The molecule has 1 N–H and O–H groups in total. The van der Waals surface area contributed by atoms with Crippen molar-refractivity contribution in [2.24, 2.45) is 0 Å². The van der Waals surface area contributed by atoms with E-state index in [-0.39, 0.29) is 23.9 Å². The fourth-order valence-electron chi connectivity index (χ4n) is 3.69. The summed E-state index contributed by atoms with van der Waals surface area (Å²) in [6.45, 7) is 4.18. The van der Waals surface area contributed by atoms with Crippen LogP contribution in [0.25, 0.3) is 0 Å². The van der Waals surface area contributed by atoms with Crippen LogP contribution in [0.3, 0.4) is 0 Å². The van der Waals surface area contributed by atoms with Crippen molar-refractivity contribution in [3.8, 4) is 17.2 Å². The Morgan fingerprint density at radius 3 is 2.38 bits per heavy atom. The van der Waals surface area contributed by atoms with E-state index in [9.17, 15) is 9.59 Å². The molecule has 8 nitrogen and oxygen atoms in total. The number of amides is 1. The van der Waals surface area contributed by atoms with Crippen molar-refractivity contribution in [2.45, 2.75) is 39.2 Å². The van der Waals surface area contributed by atoms with Crippen LogP contribution in [0, 0.1) is 13.8 Å². The summed E-state index contributed by atoms with van der Waals surface area (Å²) in [5.74, 6) is 2.01. The number of methoxy groups -OCH3 is 3. The number of rotatable bonds is 6. The molecule has 1 fully saturated rings. The van der Waals surface area contributed by atoms with Gasteiger partial charge < -0.3 is 24.1 Å². The normalized spacial score (nSPS) is 16.0. The highest BCUT2D eigenvalue weighted by Gasteiger charge is 2.32. The van der Waals surface area contributed by atoms with Crippen molar-refractivity contribution < 1.29 is 19.0 Å². The minimum atomic E-state index is -0.225. The Hall–Kier alpha value is -3.03. The van der Waals surface area contributed by atoms with E-state index < -0.39 is 0 Å². The van der Waals surface area contributed by atoms with E-state index >= 15 is 0 Å². The van der Waals surface area contributed by atoms with Crippen molar-refractivity contribution in [3.05, 3.63) is 45.1 Å². The van der Waals surface area contributed by atoms with Crippen LogP contribution in [0.1, 0.15) is 41.5 Å². The van der Waals surface area contributed by atoms with E-state index in [0.717, 1.165) is 18.4 Å². The molecule has 1 aliphatic rings. The lowest BCUT2D eigenvalue weighted by Gasteiger charge is -2.24. The number of carbonyl (C=O) groups excluding carboxylic acids is 1. The maximum atomic E-state index is 13.1. The van der Waals surface area contributed by atoms with Crippen LogP contribution in [0.15, 0.2) is 16.9 Å². The topological polar surface area (TPSA) is 93.8 Å². The number of aromatic nitrogens is 2. The average Bonchev–Trinajstić information content (AvgIpc) is 3.20. The molecule has 1 saturated heterocycles. The molecule has 8 heteroatoms. The van der Waals surface area contributed by atoms with Crippen molar-refractivity contribution in [2.75, 3.05) is 27.9 Å². The highest BCUT2D eigenvalue weighted by molar-refractivity contribution is 5.80. The first kappa shape index (κ1) is 20.7. The summed E-state index contributed by atoms with van der Waals surface area (Å²) in [7, 11) is 4.62. The molecule has 0 unspecified atom stereocenters. The van der Waals surface area contributed by atoms with Crippen LogP contribution >= 0.6 is 0 Å². The smallest absolute Gasteiger partial charge is 0.254 e. The molecule has 29 heavy (non-hydrogen) atoms. The van der Waals surface area contributed by atoms with Gasteiger partial charge in [-0.05, 0) is 44.4 Å². The van der Waals surface area contributed by atoms with Crippen LogP contribution in [0.5, 0.6) is 17.2 Å². The number of hydrogen-bond acceptors (Lipinski definition) is 6. The van der Waals surface area contributed by atoms with Crippen LogP contribution in [0.2, 0.25) is 0 Å². The summed E-state index contributed by atoms with van der Waals surface area (Å²) in [6, 6.07) is 3.33. The van der Waals surface area contributed by atoms with Gasteiger partial charge >= 0.3 is 0 Å². The first-order valence-corrected chi connectivity index (χ1v) is 9.55. The molecule has 0 saturated carbocycles. The second kappa shape index (κ2) is 8.55. The van der Waals surface area contributed by atoms with Gasteiger partial charge in [0.25, 0.3) is 5.56 Å². The van der Waals surface area contributed by atoms with E-state index in [4.69, 9.17) is 14.2 Å². The van der Waals surface area contributed by atoms with Gasteiger partial charge in [0, 0.05) is 17.8 Å². The summed E-state index contributed by atoms with van der Waals surface area (Å²) in [5, 5.41) is 0. The number of aromatic amines is 1. The zero-order valence-electron chi connectivity index (χ0n) is 17.5. The van der Waals surface area contributed by atoms with E-state index in [1.165, 1.54) is 7.11 Å². The molecule has 3 rings (SSSR count). The SMILES string of the molecule is COc1cc(CC(=O)N2CCC[C@H]2c2nc(C)c(C)c(=O)[nH]2)cc(OC)c1OC. The van der Waals surface area contributed by atoms with Crippen LogP contribution < -0.4 is 19.8 Å². The fraction of sp³-hybridized carbons (Fsp3) is 0.476. The number of ether oxygens (including phenoxy) is 3. The highest BCUT2D eigenvalue weighted by atomic mass is 16.5. The molecule has 0 radical (unpaired) electrons. The average molecular weight is 401 g/mol. The molecule has 0 bridgehead atoms. The molecule has 156 valence electrons. The maximum Gasteiger partial charge on any atom is 0.254 e. The third-order valence-corrected chi connectivity index (χ3v) is 5.38. The lowest BCUT2D eigenvalue weighted by atomic mass is 10.1. The van der Waals surface area contributed by atoms with Crippen molar-refractivity contribution in [1.82, 2.24) is 14.9 Å². The van der Waals surface area contributed by atoms with Gasteiger partial charge in [0.05, 0.1) is 33.8 Å². The number of carbonyl (C=O) groups is 1. The van der Waals surface area contributed by atoms with E-state index in [0.29, 0.717) is 40.9 Å². The summed E-state index contributed by atoms with van der Waals surface area (Å²) < 4.78 is 16.1. The predicted octanol–water partition coefficient (Wildman–Crippen LogP) is 2.32. The molecule has 0 spiro atoms. The Balaban J connectivity index is 1.86. The van der Waals surface area contributed by atoms with E-state index in [1.54, 1.807) is 38.2 Å². The van der Waals surface area contributed by atoms with Gasteiger partial charge in [-0.3, -0.25) is 9.59 Å². The van der Waals surface area contributed by atoms with Crippen LogP contribution in [-0.2, 0) is 11.2 Å². The molecule has 2 heterocycles. The molecule has 1 aromatic carbocycles. The summed E-state index contributed by atoms with van der Waals surface area (Å²) in [4.78, 5) is 34.4. The molecule has 1 aliphatic heterocycles. The Morgan fingerprint density at radius 2 is 1.83 bits per heavy atom. The van der Waals surface area contributed by atoms with Crippen molar-refractivity contribution in [1.29, 1.82) is 0 Å². The third kappa shape index (κ3) is 4.06. The second-order valence-electron chi connectivity index (χ2n) is 7.12. The zero-order chi connectivity index (χ0) is 21.1. The third-order valence-electron chi connectivity index (χ3n) is 5.38. The fourth-order valence-corrected chi connectivity index (χ4v) is 3.69. The number of benzene rings is 1. The van der Waals surface area contributed by atoms with Gasteiger partial charge in [0.1, 0.15) is 5.82 Å². The molecule has 1 atom stereocenters. The monoisotopic (exact) mass is 401 g/mol. The Kier molecular flexibility index (Phi) is 6.10. The van der Waals surface area contributed by atoms with Gasteiger partial charge in [-0.2, -0.15) is 0 Å². The summed E-state index contributed by atoms with van der Waals surface area (Å²) in [6.07, 6.45) is 1.82. The number of aryl methyl sites for hydroxylation is 1. The van der Waals surface area contributed by atoms with Gasteiger partial charge in [-0.25, -0.2) is 4.98 Å². The Morgan fingerprint density at radius 1 is 1.17 bits per heavy atom. The van der Waals surface area contributed by atoms with Gasteiger partial charge in [0.15, 0.2) is 11.5 Å². The first-order valence-electron chi connectivity index (χ1n) is 9.55. The second-order valence-corrected chi connectivity index (χ2v) is 7.12. The standard InChI is InChI=1S/C21H27N3O5/c1-12-13(2)22-20(23-21(12)26)15-7-6-8-24(15)18(25)11-14-9-16(27-3)19(29-5)17(10-14)28-4/h9-10,15H,6-8,11H2,1-5H3,(H,22,23,26)/t15-/m0/s1. The van der Waals surface area contributed by atoms with E-state index in [1.807, 2.05) is 6.92 Å². The van der Waals surface area contributed by atoms with Gasteiger partial charge in [-0.1, -0.05) is 0 Å². The lowest BCUT2D eigenvalue weighted by Crippen LogP contribution is -2.34. The summed E-state index contributed by atoms with van der Waals surface area (Å²) in [5.41, 5.74) is 1.89. The minimum Gasteiger partial charge on any atom is -0.493 e. The quantitative estimate of drug-likeness (QED) is 0.798. The number of likely N-dealkylation sites (tertiary alicyclic amines) is 1.